The van der Waals surface area contributed by atoms with Crippen molar-refractivity contribution in [2.24, 2.45) is 5.92 Å². The molecule has 3 rings (SSSR count). The average molecular weight is 348 g/mol. The lowest BCUT2D eigenvalue weighted by atomic mass is 9.85. The molecule has 2 aromatic rings. The molecule has 1 aromatic carbocycles. The minimum atomic E-state index is -0.875. The molecule has 136 valence electrons. The van der Waals surface area contributed by atoms with Gasteiger partial charge in [-0.05, 0) is 18.1 Å². The number of rotatable bonds is 7. The Morgan fingerprint density at radius 1 is 1.24 bits per heavy atom. The summed E-state index contributed by atoms with van der Waals surface area (Å²) in [5.74, 6) is -0.306. The van der Waals surface area contributed by atoms with E-state index in [1.54, 1.807) is 6.20 Å². The van der Waals surface area contributed by atoms with Crippen molar-refractivity contribution in [3.05, 3.63) is 53.9 Å². The summed E-state index contributed by atoms with van der Waals surface area (Å²) in [5.41, 5.74) is 1.90. The number of aliphatic hydroxyl groups excluding tert-OH is 2. The number of benzene rings is 1. The molecule has 1 aromatic heterocycles. The Morgan fingerprint density at radius 3 is 2.68 bits per heavy atom. The van der Waals surface area contributed by atoms with E-state index >= 15 is 0 Å². The van der Waals surface area contributed by atoms with E-state index in [9.17, 15) is 10.2 Å². The molecule has 0 spiro atoms. The van der Waals surface area contributed by atoms with Crippen LogP contribution in [0.4, 0.5) is 0 Å². The third-order valence-corrected chi connectivity index (χ3v) is 4.53. The fraction of sp³-hybridized carbons (Fsp3) is 0.500. The Labute approximate surface area is 146 Å². The molecule has 3 N–H and O–H groups in total. The summed E-state index contributed by atoms with van der Waals surface area (Å²) >= 11 is 0. The quantitative estimate of drug-likeness (QED) is 0.687. The standard InChI is InChI=1S/C18H24N2O5/c1-23-18-17(24-11-12-5-3-2-4-6-12)14(9-13-7-8-19-20-13)16(22)15(10-21)25-18/h2-8,14-18,21-22H,9-11H2,1H3,(H,19,20)/t14-,15-,16+,17+,18+/m1/s1. The zero-order chi connectivity index (χ0) is 17.6. The zero-order valence-electron chi connectivity index (χ0n) is 14.1. The predicted octanol–water partition coefficient (Wildman–Crippen LogP) is 0.878. The van der Waals surface area contributed by atoms with E-state index in [4.69, 9.17) is 14.2 Å². The molecule has 0 amide bonds. The summed E-state index contributed by atoms with van der Waals surface area (Å²) in [5, 5.41) is 27.0. The zero-order valence-corrected chi connectivity index (χ0v) is 14.1. The molecular weight excluding hydrogens is 324 g/mol. The third kappa shape index (κ3) is 4.26. The molecule has 0 aliphatic carbocycles. The molecule has 7 nitrogen and oxygen atoms in total. The SMILES string of the molecule is CO[C@H]1O[C@H](CO)[C@@H](O)[C@@H](Cc2ccn[nH]2)[C@@H]1OCc1ccccc1. The second-order valence-electron chi connectivity index (χ2n) is 6.16. The predicted molar refractivity (Wildman–Crippen MR) is 89.6 cm³/mol. The van der Waals surface area contributed by atoms with Gasteiger partial charge < -0.3 is 24.4 Å². The van der Waals surface area contributed by atoms with Crippen molar-refractivity contribution in [3.63, 3.8) is 0 Å². The van der Waals surface area contributed by atoms with Gasteiger partial charge in [-0.25, -0.2) is 0 Å². The first kappa shape index (κ1) is 18.0. The third-order valence-electron chi connectivity index (χ3n) is 4.53. The van der Waals surface area contributed by atoms with Crippen LogP contribution in [0.2, 0.25) is 0 Å². The minimum absolute atomic E-state index is 0.286. The van der Waals surface area contributed by atoms with Gasteiger partial charge in [0, 0.05) is 24.9 Å². The molecule has 5 atom stereocenters. The second kappa shape index (κ2) is 8.55. The number of aliphatic hydroxyl groups is 2. The summed E-state index contributed by atoms with van der Waals surface area (Å²) in [6.07, 6.45) is -0.558. The van der Waals surface area contributed by atoms with Gasteiger partial charge in [-0.15, -0.1) is 0 Å². The Hall–Kier alpha value is -1.77. The fourth-order valence-electron chi connectivity index (χ4n) is 3.20. The van der Waals surface area contributed by atoms with Gasteiger partial charge in [-0.1, -0.05) is 30.3 Å². The number of hydrogen-bond donors (Lipinski definition) is 3. The van der Waals surface area contributed by atoms with Crippen LogP contribution in [0.25, 0.3) is 0 Å². The van der Waals surface area contributed by atoms with Gasteiger partial charge in [-0.2, -0.15) is 5.10 Å². The highest BCUT2D eigenvalue weighted by Gasteiger charge is 2.46. The molecule has 0 bridgehead atoms. The number of nitrogens with one attached hydrogen (secondary N) is 1. The summed E-state index contributed by atoms with van der Waals surface area (Å²) in [7, 11) is 1.53. The van der Waals surface area contributed by atoms with Crippen LogP contribution >= 0.6 is 0 Å². The van der Waals surface area contributed by atoms with Crippen molar-refractivity contribution in [2.45, 2.75) is 37.6 Å². The van der Waals surface area contributed by atoms with Crippen molar-refractivity contribution < 1.29 is 24.4 Å². The van der Waals surface area contributed by atoms with Crippen LogP contribution in [-0.2, 0) is 27.2 Å². The van der Waals surface area contributed by atoms with Crippen molar-refractivity contribution in [1.82, 2.24) is 10.2 Å². The smallest absolute Gasteiger partial charge is 0.184 e. The van der Waals surface area contributed by atoms with E-state index in [0.717, 1.165) is 11.3 Å². The van der Waals surface area contributed by atoms with Crippen molar-refractivity contribution in [2.75, 3.05) is 13.7 Å². The van der Waals surface area contributed by atoms with Crippen LogP contribution in [0.3, 0.4) is 0 Å². The van der Waals surface area contributed by atoms with Crippen LogP contribution in [0.5, 0.6) is 0 Å². The van der Waals surface area contributed by atoms with Crippen molar-refractivity contribution >= 4 is 0 Å². The molecule has 25 heavy (non-hydrogen) atoms. The van der Waals surface area contributed by atoms with Crippen molar-refractivity contribution in [1.29, 1.82) is 0 Å². The minimum Gasteiger partial charge on any atom is -0.394 e. The van der Waals surface area contributed by atoms with Gasteiger partial charge in [0.25, 0.3) is 0 Å². The molecule has 1 aliphatic rings. The first-order valence-electron chi connectivity index (χ1n) is 8.34. The lowest BCUT2D eigenvalue weighted by molar-refractivity contribution is -0.294. The van der Waals surface area contributed by atoms with E-state index in [2.05, 4.69) is 10.2 Å². The monoisotopic (exact) mass is 348 g/mol. The number of hydrogen-bond acceptors (Lipinski definition) is 6. The Kier molecular flexibility index (Phi) is 6.17. The van der Waals surface area contributed by atoms with Crippen LogP contribution in [0.1, 0.15) is 11.3 Å². The van der Waals surface area contributed by atoms with Gasteiger partial charge in [0.2, 0.25) is 0 Å². The molecule has 0 saturated carbocycles. The van der Waals surface area contributed by atoms with Crippen LogP contribution in [0.15, 0.2) is 42.6 Å². The van der Waals surface area contributed by atoms with Crippen molar-refractivity contribution in [3.8, 4) is 0 Å². The summed E-state index contributed by atoms with van der Waals surface area (Å²) < 4.78 is 17.2. The summed E-state index contributed by atoms with van der Waals surface area (Å²) in [4.78, 5) is 0. The fourth-order valence-corrected chi connectivity index (χ4v) is 3.20. The number of H-pyrrole nitrogens is 1. The normalized spacial score (nSPS) is 29.6. The summed E-state index contributed by atoms with van der Waals surface area (Å²) in [6, 6.07) is 11.6. The van der Waals surface area contributed by atoms with Gasteiger partial charge in [0.1, 0.15) is 12.2 Å². The van der Waals surface area contributed by atoms with Crippen LogP contribution in [-0.4, -0.2) is 58.7 Å². The van der Waals surface area contributed by atoms with Gasteiger partial charge in [0.05, 0.1) is 19.3 Å². The number of ether oxygens (including phenoxy) is 3. The van der Waals surface area contributed by atoms with E-state index in [0.29, 0.717) is 13.0 Å². The van der Waals surface area contributed by atoms with Gasteiger partial charge in [0.15, 0.2) is 6.29 Å². The lowest BCUT2D eigenvalue weighted by Crippen LogP contribution is -2.57. The van der Waals surface area contributed by atoms with E-state index in [-0.39, 0.29) is 12.5 Å². The largest absolute Gasteiger partial charge is 0.394 e. The number of aromatic amines is 1. The maximum absolute atomic E-state index is 10.7. The maximum atomic E-state index is 10.7. The maximum Gasteiger partial charge on any atom is 0.184 e. The summed E-state index contributed by atoms with van der Waals surface area (Å²) in [6.45, 7) is 0.0939. The molecule has 7 heteroatoms. The topological polar surface area (TPSA) is 96.8 Å². The molecule has 2 heterocycles. The van der Waals surface area contributed by atoms with E-state index < -0.39 is 24.6 Å². The Balaban J connectivity index is 1.78. The highest BCUT2D eigenvalue weighted by atomic mass is 16.7. The molecule has 1 fully saturated rings. The lowest BCUT2D eigenvalue weighted by Gasteiger charge is -2.43. The first-order chi connectivity index (χ1) is 12.2. The van der Waals surface area contributed by atoms with Gasteiger partial charge >= 0.3 is 0 Å². The van der Waals surface area contributed by atoms with E-state index in [1.165, 1.54) is 7.11 Å². The highest BCUT2D eigenvalue weighted by molar-refractivity contribution is 5.13. The molecule has 0 unspecified atom stereocenters. The Morgan fingerprint density at radius 2 is 2.04 bits per heavy atom. The average Bonchev–Trinajstić information content (AvgIpc) is 3.16. The highest BCUT2D eigenvalue weighted by Crippen LogP contribution is 2.31. The van der Waals surface area contributed by atoms with E-state index in [1.807, 2.05) is 36.4 Å². The molecule has 1 aliphatic heterocycles. The number of nitrogens with zero attached hydrogens (tertiary/aromatic N) is 1. The first-order valence-corrected chi connectivity index (χ1v) is 8.34. The van der Waals surface area contributed by atoms with Gasteiger partial charge in [-0.3, -0.25) is 5.10 Å². The molecule has 1 saturated heterocycles. The second-order valence-corrected chi connectivity index (χ2v) is 6.16. The number of aromatic nitrogens is 2. The molecule has 0 radical (unpaired) electrons. The molecular formula is C18H24N2O5. The Bertz CT molecular complexity index is 622. The van der Waals surface area contributed by atoms with Crippen LogP contribution < -0.4 is 0 Å². The van der Waals surface area contributed by atoms with Crippen LogP contribution in [0, 0.1) is 5.92 Å². The number of methoxy groups -OCH3 is 1.